The van der Waals surface area contributed by atoms with Gasteiger partial charge in [0.15, 0.2) is 5.90 Å². The summed E-state index contributed by atoms with van der Waals surface area (Å²) < 4.78 is 5.20. The number of rotatable bonds is 3. The van der Waals surface area contributed by atoms with Crippen LogP contribution in [-0.2, 0) is 4.74 Å². The minimum absolute atomic E-state index is 0.703. The summed E-state index contributed by atoms with van der Waals surface area (Å²) in [4.78, 5) is 4.12. The normalized spacial score (nSPS) is 11.3. The second-order valence-electron chi connectivity index (χ2n) is 2.03. The topological polar surface area (TPSA) is 21.6 Å². The van der Waals surface area contributed by atoms with Gasteiger partial charge in [-0.2, -0.15) is 0 Å². The molecule has 0 aromatic carbocycles. The van der Waals surface area contributed by atoms with Crippen LogP contribution in [0.2, 0.25) is 0 Å². The number of hydrogen-bond donors (Lipinski definition) is 0. The molecular formula is C8H15NO. The fraction of sp³-hybridized carbons (Fsp3) is 0.625. The van der Waals surface area contributed by atoms with E-state index in [1.165, 1.54) is 0 Å². The molecule has 0 aliphatic heterocycles. The lowest BCUT2D eigenvalue weighted by Crippen LogP contribution is -2.01. The van der Waals surface area contributed by atoms with Gasteiger partial charge < -0.3 is 4.74 Å². The van der Waals surface area contributed by atoms with Crippen molar-refractivity contribution < 1.29 is 4.74 Å². The van der Waals surface area contributed by atoms with Crippen molar-refractivity contribution in [2.24, 2.45) is 4.99 Å². The number of hydrogen-bond acceptors (Lipinski definition) is 2. The molecule has 0 aromatic rings. The molecular weight excluding hydrogens is 126 g/mol. The highest BCUT2D eigenvalue weighted by Gasteiger charge is 1.94. The lowest BCUT2D eigenvalue weighted by Gasteiger charge is -2.04. The lowest BCUT2D eigenvalue weighted by atomic mass is 10.5. The molecule has 0 rings (SSSR count). The van der Waals surface area contributed by atoms with E-state index in [2.05, 4.69) is 11.6 Å². The molecule has 0 aromatic heterocycles. The van der Waals surface area contributed by atoms with Crippen molar-refractivity contribution in [2.75, 3.05) is 6.54 Å². The van der Waals surface area contributed by atoms with Crippen LogP contribution in [0.15, 0.2) is 17.3 Å². The Labute approximate surface area is 62.6 Å². The van der Waals surface area contributed by atoms with E-state index in [-0.39, 0.29) is 0 Å². The van der Waals surface area contributed by atoms with Crippen LogP contribution in [0.3, 0.4) is 0 Å². The molecule has 0 heterocycles. The zero-order valence-corrected chi connectivity index (χ0v) is 6.98. The molecule has 0 radical (unpaired) electrons. The molecule has 0 spiro atoms. The summed E-state index contributed by atoms with van der Waals surface area (Å²) in [5, 5.41) is 0. The largest absolute Gasteiger partial charge is 0.449 e. The molecule has 0 saturated carbocycles. The third kappa shape index (κ3) is 4.13. The van der Waals surface area contributed by atoms with E-state index in [4.69, 9.17) is 4.74 Å². The van der Waals surface area contributed by atoms with Gasteiger partial charge in [-0.3, -0.25) is 4.99 Å². The highest BCUT2D eigenvalue weighted by atomic mass is 16.5. The monoisotopic (exact) mass is 141 g/mol. The summed E-state index contributed by atoms with van der Waals surface area (Å²) in [6, 6.07) is 0. The van der Waals surface area contributed by atoms with E-state index in [0.717, 1.165) is 18.9 Å². The van der Waals surface area contributed by atoms with Gasteiger partial charge in [0.2, 0.25) is 0 Å². The second kappa shape index (κ2) is 5.03. The molecule has 2 nitrogen and oxygen atoms in total. The summed E-state index contributed by atoms with van der Waals surface area (Å²) in [6.07, 6.45) is 0.834. The molecule has 0 aliphatic rings. The van der Waals surface area contributed by atoms with Crippen LogP contribution < -0.4 is 0 Å². The van der Waals surface area contributed by atoms with Gasteiger partial charge in [-0.15, -0.1) is 0 Å². The summed E-state index contributed by atoms with van der Waals surface area (Å²) in [6.45, 7) is 10.2. The quantitative estimate of drug-likeness (QED) is 0.336. The maximum absolute atomic E-state index is 5.20. The van der Waals surface area contributed by atoms with Gasteiger partial charge in [0, 0.05) is 13.0 Å². The lowest BCUT2D eigenvalue weighted by molar-refractivity contribution is 0.407. The Bertz CT molecular complexity index is 138. The van der Waals surface area contributed by atoms with Crippen molar-refractivity contribution in [3.63, 3.8) is 0 Å². The first kappa shape index (κ1) is 9.21. The van der Waals surface area contributed by atoms with Crippen LogP contribution in [0.25, 0.3) is 0 Å². The number of ether oxygens (including phenoxy) is 1. The summed E-state index contributed by atoms with van der Waals surface area (Å²) >= 11 is 0. The van der Waals surface area contributed by atoms with Crippen molar-refractivity contribution in [3.05, 3.63) is 12.3 Å². The van der Waals surface area contributed by atoms with Crippen molar-refractivity contribution in [3.8, 4) is 0 Å². The van der Waals surface area contributed by atoms with E-state index >= 15 is 0 Å². The molecule has 58 valence electrons. The van der Waals surface area contributed by atoms with Gasteiger partial charge in [0.1, 0.15) is 0 Å². The predicted octanol–water partition coefficient (Wildman–Crippen LogP) is 2.37. The van der Waals surface area contributed by atoms with Gasteiger partial charge in [0.05, 0.1) is 5.76 Å². The molecule has 0 N–H and O–H groups in total. The average Bonchev–Trinajstić information content (AvgIpc) is 1.86. The Morgan fingerprint density at radius 1 is 1.50 bits per heavy atom. The fourth-order valence-electron chi connectivity index (χ4n) is 0.594. The van der Waals surface area contributed by atoms with Crippen molar-refractivity contribution >= 4 is 5.90 Å². The highest BCUT2D eigenvalue weighted by molar-refractivity contribution is 5.76. The van der Waals surface area contributed by atoms with Crippen LogP contribution in [0, 0.1) is 0 Å². The molecule has 2 heteroatoms. The minimum atomic E-state index is 0.703. The molecule has 0 fully saturated rings. The molecule has 0 atom stereocenters. The zero-order chi connectivity index (χ0) is 7.98. The molecule has 0 saturated heterocycles. The SMILES string of the molecule is C=C(C)OC(CC)=NCC. The van der Waals surface area contributed by atoms with Crippen LogP contribution >= 0.6 is 0 Å². The molecule has 10 heavy (non-hydrogen) atoms. The first-order chi connectivity index (χ1) is 4.70. The van der Waals surface area contributed by atoms with Gasteiger partial charge in [0.25, 0.3) is 0 Å². The van der Waals surface area contributed by atoms with Gasteiger partial charge in [-0.05, 0) is 13.8 Å². The van der Waals surface area contributed by atoms with E-state index in [9.17, 15) is 0 Å². The summed E-state index contributed by atoms with van der Waals surface area (Å²) in [7, 11) is 0. The minimum Gasteiger partial charge on any atom is -0.449 e. The number of allylic oxidation sites excluding steroid dienone is 1. The van der Waals surface area contributed by atoms with Gasteiger partial charge in [-0.25, -0.2) is 0 Å². The molecule has 0 amide bonds. The van der Waals surface area contributed by atoms with Gasteiger partial charge in [-0.1, -0.05) is 13.5 Å². The Morgan fingerprint density at radius 3 is 2.40 bits per heavy atom. The maximum Gasteiger partial charge on any atom is 0.189 e. The smallest absolute Gasteiger partial charge is 0.189 e. The van der Waals surface area contributed by atoms with Crippen LogP contribution in [0.5, 0.6) is 0 Å². The molecule has 0 unspecified atom stereocenters. The van der Waals surface area contributed by atoms with Crippen LogP contribution in [0.1, 0.15) is 27.2 Å². The average molecular weight is 141 g/mol. The summed E-state index contributed by atoms with van der Waals surface area (Å²) in [5.41, 5.74) is 0. The van der Waals surface area contributed by atoms with Crippen molar-refractivity contribution in [2.45, 2.75) is 27.2 Å². The Balaban J connectivity index is 3.83. The maximum atomic E-state index is 5.20. The van der Waals surface area contributed by atoms with Crippen LogP contribution in [0.4, 0.5) is 0 Å². The Morgan fingerprint density at radius 2 is 2.10 bits per heavy atom. The fourth-order valence-corrected chi connectivity index (χ4v) is 0.594. The Hall–Kier alpha value is -0.790. The zero-order valence-electron chi connectivity index (χ0n) is 6.98. The summed E-state index contributed by atoms with van der Waals surface area (Å²) in [5.74, 6) is 1.48. The third-order valence-electron chi connectivity index (χ3n) is 0.929. The van der Waals surface area contributed by atoms with E-state index in [0.29, 0.717) is 5.76 Å². The predicted molar refractivity (Wildman–Crippen MR) is 44.2 cm³/mol. The Kier molecular flexibility index (Phi) is 4.63. The highest BCUT2D eigenvalue weighted by Crippen LogP contribution is 1.96. The van der Waals surface area contributed by atoms with Gasteiger partial charge >= 0.3 is 0 Å². The number of aliphatic imine (C=N–C) groups is 1. The van der Waals surface area contributed by atoms with E-state index in [1.807, 2.05) is 20.8 Å². The third-order valence-corrected chi connectivity index (χ3v) is 0.929. The van der Waals surface area contributed by atoms with E-state index in [1.54, 1.807) is 0 Å². The molecule has 0 aliphatic carbocycles. The van der Waals surface area contributed by atoms with E-state index < -0.39 is 0 Å². The first-order valence-electron chi connectivity index (χ1n) is 3.57. The molecule has 0 bridgehead atoms. The second-order valence-corrected chi connectivity index (χ2v) is 2.03. The van der Waals surface area contributed by atoms with Crippen molar-refractivity contribution in [1.82, 2.24) is 0 Å². The first-order valence-corrected chi connectivity index (χ1v) is 3.57. The number of nitrogens with zero attached hydrogens (tertiary/aromatic N) is 1. The standard InChI is InChI=1S/C8H15NO/c1-5-8(9-6-2)10-7(3)4/h3,5-6H2,1-2,4H3. The van der Waals surface area contributed by atoms with Crippen LogP contribution in [-0.4, -0.2) is 12.4 Å². The van der Waals surface area contributed by atoms with Crippen molar-refractivity contribution in [1.29, 1.82) is 0 Å².